The third kappa shape index (κ3) is 7.08. The zero-order chi connectivity index (χ0) is 20.4. The van der Waals surface area contributed by atoms with Crippen molar-refractivity contribution < 1.29 is 24.0 Å². The first-order valence-corrected chi connectivity index (χ1v) is 11.8. The second-order valence-electron chi connectivity index (χ2n) is 6.19. The molecule has 8 heteroatoms. The Balaban J connectivity index is 2.11. The number of ether oxygens (including phenoxy) is 1. The van der Waals surface area contributed by atoms with Crippen molar-refractivity contribution in [2.75, 3.05) is 13.3 Å². The number of benzene rings is 2. The highest BCUT2D eigenvalue weighted by atomic mass is 32.4. The maximum Gasteiger partial charge on any atom is 0.408 e. The Morgan fingerprint density at radius 3 is 2.18 bits per heavy atom. The van der Waals surface area contributed by atoms with Crippen LogP contribution in [0.4, 0.5) is 4.79 Å². The second-order valence-corrected chi connectivity index (χ2v) is 10.9. The molecule has 6 nitrogen and oxygen atoms in total. The van der Waals surface area contributed by atoms with Gasteiger partial charge < -0.3 is 19.7 Å². The molecule has 0 saturated carbocycles. The first-order valence-electron chi connectivity index (χ1n) is 8.80. The predicted octanol–water partition coefficient (Wildman–Crippen LogP) is 4.00. The van der Waals surface area contributed by atoms with E-state index in [1.165, 1.54) is 7.11 Å². The van der Waals surface area contributed by atoms with Gasteiger partial charge in [-0.15, -0.1) is 0 Å². The van der Waals surface area contributed by atoms with E-state index in [0.29, 0.717) is 6.42 Å². The molecule has 0 spiro atoms. The van der Waals surface area contributed by atoms with Crippen LogP contribution in [0.2, 0.25) is 0 Å². The number of carboxylic acid groups (broad SMARTS) is 1. The van der Waals surface area contributed by atoms with Gasteiger partial charge in [0, 0.05) is 13.3 Å². The molecular formula is C20H24NO5PS. The Morgan fingerprint density at radius 1 is 1.07 bits per heavy atom. The van der Waals surface area contributed by atoms with Gasteiger partial charge in [-0.2, -0.15) is 0 Å². The van der Waals surface area contributed by atoms with E-state index in [4.69, 9.17) is 26.2 Å². The molecule has 2 unspecified atom stereocenters. The summed E-state index contributed by atoms with van der Waals surface area (Å²) in [4.78, 5) is 23.4. The molecule has 0 radical (unpaired) electrons. The van der Waals surface area contributed by atoms with Gasteiger partial charge in [0.05, 0.1) is 18.5 Å². The van der Waals surface area contributed by atoms with Crippen molar-refractivity contribution in [3.05, 3.63) is 71.8 Å². The lowest BCUT2D eigenvalue weighted by Crippen LogP contribution is -2.37. The first kappa shape index (κ1) is 22.1. The topological polar surface area (TPSA) is 84.9 Å². The molecule has 0 aliphatic carbocycles. The third-order valence-corrected chi connectivity index (χ3v) is 8.68. The minimum Gasteiger partial charge on any atom is -0.481 e. The summed E-state index contributed by atoms with van der Waals surface area (Å²) in [5.41, 5.74) is 1.84. The van der Waals surface area contributed by atoms with Crippen LogP contribution in [0, 0.1) is 0 Å². The summed E-state index contributed by atoms with van der Waals surface area (Å²) < 4.78 is 10.9. The van der Waals surface area contributed by atoms with Gasteiger partial charge in [-0.1, -0.05) is 72.5 Å². The molecule has 0 heterocycles. The van der Waals surface area contributed by atoms with Crippen LogP contribution in [-0.4, -0.2) is 36.2 Å². The summed E-state index contributed by atoms with van der Waals surface area (Å²) in [7, 11) is 1.47. The lowest BCUT2D eigenvalue weighted by atomic mass is 10.1. The van der Waals surface area contributed by atoms with E-state index >= 15 is 0 Å². The van der Waals surface area contributed by atoms with Crippen LogP contribution >= 0.6 is 6.26 Å². The molecular weight excluding hydrogens is 397 g/mol. The van der Waals surface area contributed by atoms with Crippen LogP contribution < -0.4 is 5.32 Å². The number of nitrogens with one attached hydrogen (secondary N) is 1. The molecule has 150 valence electrons. The molecule has 0 aliphatic rings. The van der Waals surface area contributed by atoms with Crippen LogP contribution in [0.25, 0.3) is 0 Å². The van der Waals surface area contributed by atoms with E-state index in [-0.39, 0.29) is 19.2 Å². The minimum absolute atomic E-state index is 0.114. The molecule has 1 amide bonds. The number of hydrogen-bond donors (Lipinski definition) is 2. The number of carbonyl (C=O) groups is 2. The zero-order valence-corrected chi connectivity index (χ0v) is 17.3. The van der Waals surface area contributed by atoms with Crippen LogP contribution in [0.1, 0.15) is 17.5 Å². The first-order chi connectivity index (χ1) is 13.4. The Morgan fingerprint density at radius 2 is 1.64 bits per heavy atom. The van der Waals surface area contributed by atoms with Crippen molar-refractivity contribution in [2.45, 2.75) is 25.2 Å². The van der Waals surface area contributed by atoms with Crippen LogP contribution in [0.15, 0.2) is 60.7 Å². The molecule has 0 fully saturated rings. The van der Waals surface area contributed by atoms with Gasteiger partial charge >= 0.3 is 12.1 Å². The van der Waals surface area contributed by atoms with Gasteiger partial charge in [-0.05, 0) is 17.5 Å². The lowest BCUT2D eigenvalue weighted by molar-refractivity contribution is -0.136. The zero-order valence-electron chi connectivity index (χ0n) is 15.6. The molecule has 0 bridgehead atoms. The maximum atomic E-state index is 12.4. The van der Waals surface area contributed by atoms with E-state index in [1.54, 1.807) is 0 Å². The molecule has 2 N–H and O–H groups in total. The van der Waals surface area contributed by atoms with Crippen molar-refractivity contribution in [3.63, 3.8) is 0 Å². The summed E-state index contributed by atoms with van der Waals surface area (Å²) in [5.74, 6) is -1.48. The standard InChI is InChI=1S/C20H24NO5PS/c1-25-27(28,13-12-19(22)23)18(14-16-8-4-2-5-9-16)21-20(24)26-15-17-10-6-3-7-11-17/h2-11,18H,12-15H2,1H3,(H,21,24)(H,22,23). The van der Waals surface area contributed by atoms with Crippen LogP contribution in [-0.2, 0) is 38.9 Å². The highest BCUT2D eigenvalue weighted by molar-refractivity contribution is 8.12. The summed E-state index contributed by atoms with van der Waals surface area (Å²) in [6.07, 6.45) is -2.74. The van der Waals surface area contributed by atoms with Crippen molar-refractivity contribution in [1.82, 2.24) is 5.32 Å². The van der Waals surface area contributed by atoms with Crippen molar-refractivity contribution in [3.8, 4) is 0 Å². The third-order valence-electron chi connectivity index (χ3n) is 4.19. The fraction of sp³-hybridized carbons (Fsp3) is 0.300. The highest BCUT2D eigenvalue weighted by Crippen LogP contribution is 2.52. The number of hydrogen-bond acceptors (Lipinski definition) is 5. The fourth-order valence-electron chi connectivity index (χ4n) is 2.65. The second kappa shape index (κ2) is 11.0. The van der Waals surface area contributed by atoms with E-state index in [2.05, 4.69) is 5.32 Å². The molecule has 2 aromatic rings. The monoisotopic (exact) mass is 421 g/mol. The van der Waals surface area contributed by atoms with Gasteiger partial charge in [-0.3, -0.25) is 4.79 Å². The number of carbonyl (C=O) groups excluding carboxylic acids is 1. The molecule has 2 rings (SSSR count). The molecule has 0 aliphatic heterocycles. The van der Waals surface area contributed by atoms with Gasteiger partial charge in [0.1, 0.15) is 6.61 Å². The summed E-state index contributed by atoms with van der Waals surface area (Å²) >= 11 is 5.69. The molecule has 0 saturated heterocycles. The van der Waals surface area contributed by atoms with Crippen LogP contribution in [0.3, 0.4) is 0 Å². The summed E-state index contributed by atoms with van der Waals surface area (Å²) in [5, 5.41) is 11.9. The van der Waals surface area contributed by atoms with Gasteiger partial charge in [0.25, 0.3) is 0 Å². The molecule has 2 aromatic carbocycles. The Bertz CT molecular complexity index is 816. The molecule has 2 atom stereocenters. The number of carboxylic acids is 1. The van der Waals surface area contributed by atoms with Crippen molar-refractivity contribution in [1.29, 1.82) is 0 Å². The SMILES string of the molecule is COP(=S)(CCC(=O)O)C(Cc1ccccc1)NC(=O)OCc1ccccc1. The predicted molar refractivity (Wildman–Crippen MR) is 112 cm³/mol. The number of aliphatic carboxylic acids is 1. The van der Waals surface area contributed by atoms with E-state index < -0.39 is 24.1 Å². The van der Waals surface area contributed by atoms with E-state index in [9.17, 15) is 9.59 Å². The van der Waals surface area contributed by atoms with E-state index in [1.807, 2.05) is 60.7 Å². The Kier molecular flexibility index (Phi) is 8.64. The van der Waals surface area contributed by atoms with Gasteiger partial charge in [-0.25, -0.2) is 4.79 Å². The molecule has 28 heavy (non-hydrogen) atoms. The number of alkyl carbamates (subject to hydrolysis) is 1. The van der Waals surface area contributed by atoms with Gasteiger partial charge in [0.2, 0.25) is 0 Å². The Hall–Kier alpha value is -2.21. The van der Waals surface area contributed by atoms with Crippen molar-refractivity contribution >= 4 is 30.1 Å². The summed E-state index contributed by atoms with van der Waals surface area (Å²) in [6.45, 7) is 0.135. The van der Waals surface area contributed by atoms with E-state index in [0.717, 1.165) is 11.1 Å². The van der Waals surface area contributed by atoms with Crippen molar-refractivity contribution in [2.24, 2.45) is 0 Å². The summed E-state index contributed by atoms with van der Waals surface area (Å²) in [6, 6.07) is 18.9. The van der Waals surface area contributed by atoms with Crippen LogP contribution in [0.5, 0.6) is 0 Å². The van der Waals surface area contributed by atoms with Gasteiger partial charge in [0.15, 0.2) is 0 Å². The Labute approximate surface area is 170 Å². The normalized spacial score (nSPS) is 13.9. The minimum atomic E-state index is -2.64. The molecule has 0 aromatic heterocycles. The average Bonchev–Trinajstić information content (AvgIpc) is 2.71. The smallest absolute Gasteiger partial charge is 0.408 e. The highest BCUT2D eigenvalue weighted by Gasteiger charge is 2.31. The average molecular weight is 421 g/mol. The quantitative estimate of drug-likeness (QED) is 0.564. The maximum absolute atomic E-state index is 12.4. The number of amides is 1. The fourth-order valence-corrected chi connectivity index (χ4v) is 5.35. The largest absolute Gasteiger partial charge is 0.481 e. The lowest BCUT2D eigenvalue weighted by Gasteiger charge is -2.30. The number of rotatable bonds is 10.